The SMILES string of the molecule is Cc1c(/C=N/NC(=O)COc2ccc(-c3ccccc3)cc2)c2ccccc2n1Cc1ccccc1. The highest BCUT2D eigenvalue weighted by Crippen LogP contribution is 2.26. The van der Waals surface area contributed by atoms with Gasteiger partial charge in [0, 0.05) is 28.7 Å². The zero-order valence-corrected chi connectivity index (χ0v) is 20.1. The van der Waals surface area contributed by atoms with E-state index >= 15 is 0 Å². The van der Waals surface area contributed by atoms with E-state index in [1.165, 1.54) is 5.56 Å². The second kappa shape index (κ2) is 10.7. The maximum atomic E-state index is 12.3. The van der Waals surface area contributed by atoms with E-state index in [1.807, 2.05) is 72.8 Å². The van der Waals surface area contributed by atoms with Crippen LogP contribution in [0.4, 0.5) is 0 Å². The first-order valence-electron chi connectivity index (χ1n) is 11.9. The van der Waals surface area contributed by atoms with Gasteiger partial charge in [0.15, 0.2) is 6.61 Å². The quantitative estimate of drug-likeness (QED) is 0.216. The van der Waals surface area contributed by atoms with Gasteiger partial charge in [0.1, 0.15) is 5.75 Å². The molecule has 178 valence electrons. The minimum absolute atomic E-state index is 0.114. The van der Waals surface area contributed by atoms with Crippen molar-refractivity contribution >= 4 is 23.0 Å². The molecule has 5 aromatic rings. The van der Waals surface area contributed by atoms with Crippen molar-refractivity contribution in [2.24, 2.45) is 5.10 Å². The predicted molar refractivity (Wildman–Crippen MR) is 145 cm³/mol. The topological polar surface area (TPSA) is 55.6 Å². The first-order valence-corrected chi connectivity index (χ1v) is 11.9. The van der Waals surface area contributed by atoms with Gasteiger partial charge in [-0.3, -0.25) is 4.79 Å². The van der Waals surface area contributed by atoms with Crippen molar-refractivity contribution in [1.29, 1.82) is 0 Å². The molecular weight excluding hydrogens is 446 g/mol. The number of nitrogens with zero attached hydrogens (tertiary/aromatic N) is 2. The smallest absolute Gasteiger partial charge is 0.277 e. The van der Waals surface area contributed by atoms with E-state index in [-0.39, 0.29) is 12.5 Å². The lowest BCUT2D eigenvalue weighted by Gasteiger charge is -2.08. The minimum atomic E-state index is -0.316. The molecule has 0 bridgehead atoms. The maximum absolute atomic E-state index is 12.3. The number of amides is 1. The summed E-state index contributed by atoms with van der Waals surface area (Å²) in [5, 5.41) is 5.32. The number of carbonyl (C=O) groups is 1. The zero-order valence-electron chi connectivity index (χ0n) is 20.1. The molecule has 1 N–H and O–H groups in total. The Bertz CT molecular complexity index is 1490. The first-order chi connectivity index (χ1) is 17.7. The van der Waals surface area contributed by atoms with Crippen LogP contribution in [0.25, 0.3) is 22.0 Å². The summed E-state index contributed by atoms with van der Waals surface area (Å²) in [5.41, 5.74) is 9.26. The van der Waals surface area contributed by atoms with Gasteiger partial charge in [-0.15, -0.1) is 0 Å². The van der Waals surface area contributed by atoms with E-state index in [9.17, 15) is 4.79 Å². The number of hydrogen-bond acceptors (Lipinski definition) is 3. The second-order valence-electron chi connectivity index (χ2n) is 8.56. The molecule has 5 heteroatoms. The Kier molecular flexibility index (Phi) is 6.90. The molecule has 0 aliphatic heterocycles. The number of rotatable bonds is 8. The summed E-state index contributed by atoms with van der Waals surface area (Å²) in [4.78, 5) is 12.3. The number of carbonyl (C=O) groups excluding carboxylic acids is 1. The lowest BCUT2D eigenvalue weighted by atomic mass is 10.1. The Balaban J connectivity index is 1.23. The van der Waals surface area contributed by atoms with Crippen molar-refractivity contribution < 1.29 is 9.53 Å². The molecule has 1 amide bonds. The molecule has 1 heterocycles. The summed E-state index contributed by atoms with van der Waals surface area (Å²) in [5.74, 6) is 0.317. The van der Waals surface area contributed by atoms with E-state index in [0.29, 0.717) is 5.75 Å². The van der Waals surface area contributed by atoms with Crippen molar-refractivity contribution in [3.05, 3.63) is 126 Å². The third kappa shape index (κ3) is 5.20. The first kappa shape index (κ1) is 23.1. The molecule has 0 saturated carbocycles. The van der Waals surface area contributed by atoms with Crippen LogP contribution in [0.15, 0.2) is 114 Å². The van der Waals surface area contributed by atoms with Crippen LogP contribution in [-0.2, 0) is 11.3 Å². The molecule has 0 spiro atoms. The van der Waals surface area contributed by atoms with Gasteiger partial charge in [-0.2, -0.15) is 5.10 Å². The molecule has 0 unspecified atom stereocenters. The average Bonchev–Trinajstić information content (AvgIpc) is 3.19. The molecule has 4 aromatic carbocycles. The number of nitrogens with one attached hydrogen (secondary N) is 1. The third-order valence-corrected chi connectivity index (χ3v) is 6.18. The molecule has 0 radical (unpaired) electrons. The van der Waals surface area contributed by atoms with E-state index in [2.05, 4.69) is 58.4 Å². The van der Waals surface area contributed by atoms with Crippen LogP contribution >= 0.6 is 0 Å². The van der Waals surface area contributed by atoms with Crippen LogP contribution in [0.2, 0.25) is 0 Å². The fourth-order valence-electron chi connectivity index (χ4n) is 4.31. The van der Waals surface area contributed by atoms with Crippen molar-refractivity contribution in [3.8, 4) is 16.9 Å². The zero-order chi connectivity index (χ0) is 24.7. The van der Waals surface area contributed by atoms with Gasteiger partial charge in [0.2, 0.25) is 0 Å². The van der Waals surface area contributed by atoms with Crippen LogP contribution in [-0.4, -0.2) is 23.3 Å². The molecular formula is C31H27N3O2. The van der Waals surface area contributed by atoms with Crippen LogP contribution in [0.5, 0.6) is 5.75 Å². The van der Waals surface area contributed by atoms with Crippen molar-refractivity contribution in [1.82, 2.24) is 9.99 Å². The Hall–Kier alpha value is -4.64. The second-order valence-corrected chi connectivity index (χ2v) is 8.56. The third-order valence-electron chi connectivity index (χ3n) is 6.18. The lowest BCUT2D eigenvalue weighted by Crippen LogP contribution is -2.24. The van der Waals surface area contributed by atoms with E-state index in [0.717, 1.165) is 39.8 Å². The summed E-state index contributed by atoms with van der Waals surface area (Å²) >= 11 is 0. The maximum Gasteiger partial charge on any atom is 0.277 e. The van der Waals surface area contributed by atoms with Gasteiger partial charge >= 0.3 is 0 Å². The number of hydrazone groups is 1. The largest absolute Gasteiger partial charge is 0.484 e. The highest BCUT2D eigenvalue weighted by atomic mass is 16.5. The number of hydrogen-bond donors (Lipinski definition) is 1. The Morgan fingerprint density at radius 1 is 0.833 bits per heavy atom. The molecule has 0 fully saturated rings. The number of ether oxygens (including phenoxy) is 1. The average molecular weight is 474 g/mol. The molecule has 36 heavy (non-hydrogen) atoms. The monoisotopic (exact) mass is 473 g/mol. The summed E-state index contributed by atoms with van der Waals surface area (Å²) in [6.07, 6.45) is 1.71. The summed E-state index contributed by atoms with van der Waals surface area (Å²) < 4.78 is 7.91. The summed E-state index contributed by atoms with van der Waals surface area (Å²) in [6, 6.07) is 36.4. The Morgan fingerprint density at radius 3 is 2.22 bits per heavy atom. The molecule has 0 atom stereocenters. The summed E-state index contributed by atoms with van der Waals surface area (Å²) in [6.45, 7) is 2.73. The molecule has 5 nitrogen and oxygen atoms in total. The lowest BCUT2D eigenvalue weighted by molar-refractivity contribution is -0.123. The highest BCUT2D eigenvalue weighted by molar-refractivity contribution is 6.01. The van der Waals surface area contributed by atoms with Gasteiger partial charge in [-0.1, -0.05) is 91.0 Å². The van der Waals surface area contributed by atoms with E-state index < -0.39 is 0 Å². The standard InChI is InChI=1S/C31H27N3O2/c1-23-29(28-14-8-9-15-30(28)34(23)21-24-10-4-2-5-11-24)20-32-33-31(35)22-36-27-18-16-26(17-19-27)25-12-6-3-7-13-25/h2-20H,21-22H2,1H3,(H,33,35)/b32-20+. The van der Waals surface area contributed by atoms with Gasteiger partial charge < -0.3 is 9.30 Å². The molecule has 5 rings (SSSR count). The number of benzene rings is 4. The molecule has 1 aromatic heterocycles. The fourth-order valence-corrected chi connectivity index (χ4v) is 4.31. The van der Waals surface area contributed by atoms with Crippen LogP contribution in [0.1, 0.15) is 16.8 Å². The molecule has 0 aliphatic carbocycles. The van der Waals surface area contributed by atoms with Crippen LogP contribution < -0.4 is 10.2 Å². The van der Waals surface area contributed by atoms with Crippen molar-refractivity contribution in [2.75, 3.05) is 6.61 Å². The number of aromatic nitrogens is 1. The molecule has 0 saturated heterocycles. The van der Waals surface area contributed by atoms with Gasteiger partial charge in [-0.05, 0) is 41.8 Å². The fraction of sp³-hybridized carbons (Fsp3) is 0.0968. The van der Waals surface area contributed by atoms with Crippen molar-refractivity contribution in [2.45, 2.75) is 13.5 Å². The van der Waals surface area contributed by atoms with Crippen LogP contribution in [0, 0.1) is 6.92 Å². The number of para-hydroxylation sites is 1. The van der Waals surface area contributed by atoms with Gasteiger partial charge in [-0.25, -0.2) is 5.43 Å². The Labute approximate surface area is 210 Å². The van der Waals surface area contributed by atoms with Gasteiger partial charge in [0.05, 0.1) is 6.21 Å². The summed E-state index contributed by atoms with van der Waals surface area (Å²) in [7, 11) is 0. The predicted octanol–water partition coefficient (Wildman–Crippen LogP) is 6.19. The minimum Gasteiger partial charge on any atom is -0.484 e. The van der Waals surface area contributed by atoms with Crippen LogP contribution in [0.3, 0.4) is 0 Å². The van der Waals surface area contributed by atoms with E-state index in [1.54, 1.807) is 6.21 Å². The molecule has 0 aliphatic rings. The van der Waals surface area contributed by atoms with E-state index in [4.69, 9.17) is 4.74 Å². The Morgan fingerprint density at radius 2 is 1.47 bits per heavy atom. The van der Waals surface area contributed by atoms with Crippen molar-refractivity contribution in [3.63, 3.8) is 0 Å². The highest BCUT2D eigenvalue weighted by Gasteiger charge is 2.13. The van der Waals surface area contributed by atoms with Gasteiger partial charge in [0.25, 0.3) is 5.91 Å². The number of fused-ring (bicyclic) bond motifs is 1. The normalized spacial score (nSPS) is 11.1.